The van der Waals surface area contributed by atoms with Crippen LogP contribution in [0.15, 0.2) is 34.9 Å². The lowest BCUT2D eigenvalue weighted by molar-refractivity contribution is -0.140. The number of aliphatic carboxylic acids is 1. The first kappa shape index (κ1) is 11.5. The summed E-state index contributed by atoms with van der Waals surface area (Å²) in [6, 6.07) is 7.81. The van der Waals surface area contributed by atoms with Crippen LogP contribution in [-0.4, -0.2) is 21.0 Å². The SMILES string of the molecule is O=C(O)C1(c2ncc(-c3ccc(Br)cc3)[nH]2)CC1. The molecule has 4 nitrogen and oxygen atoms in total. The first-order valence-corrected chi connectivity index (χ1v) is 6.46. The summed E-state index contributed by atoms with van der Waals surface area (Å²) in [5.74, 6) is -0.230. The number of rotatable bonds is 3. The van der Waals surface area contributed by atoms with E-state index < -0.39 is 11.4 Å². The van der Waals surface area contributed by atoms with Crippen molar-refractivity contribution in [3.63, 3.8) is 0 Å². The van der Waals surface area contributed by atoms with Crippen LogP contribution in [0, 0.1) is 0 Å². The molecule has 1 heterocycles. The fraction of sp³-hybridized carbons (Fsp3) is 0.231. The molecule has 2 aromatic rings. The van der Waals surface area contributed by atoms with Gasteiger partial charge in [0.15, 0.2) is 0 Å². The molecule has 1 fully saturated rings. The number of aromatic nitrogens is 2. The van der Waals surface area contributed by atoms with Gasteiger partial charge in [0, 0.05) is 4.47 Å². The molecule has 92 valence electrons. The lowest BCUT2D eigenvalue weighted by Crippen LogP contribution is -2.20. The molecular formula is C13H11BrN2O2. The Morgan fingerprint density at radius 2 is 2.00 bits per heavy atom. The molecular weight excluding hydrogens is 296 g/mol. The molecule has 0 spiro atoms. The van der Waals surface area contributed by atoms with Crippen molar-refractivity contribution in [2.24, 2.45) is 0 Å². The van der Waals surface area contributed by atoms with Crippen LogP contribution in [0.4, 0.5) is 0 Å². The van der Waals surface area contributed by atoms with Gasteiger partial charge in [-0.3, -0.25) is 4.79 Å². The fourth-order valence-corrected chi connectivity index (χ4v) is 2.28. The third-order valence-corrected chi connectivity index (χ3v) is 3.87. The van der Waals surface area contributed by atoms with Crippen molar-refractivity contribution in [2.75, 3.05) is 0 Å². The van der Waals surface area contributed by atoms with Crippen molar-refractivity contribution < 1.29 is 9.90 Å². The van der Waals surface area contributed by atoms with Crippen molar-refractivity contribution >= 4 is 21.9 Å². The smallest absolute Gasteiger partial charge is 0.317 e. The largest absolute Gasteiger partial charge is 0.480 e. The summed E-state index contributed by atoms with van der Waals surface area (Å²) in [4.78, 5) is 18.6. The Bertz CT molecular complexity index is 600. The van der Waals surface area contributed by atoms with Crippen LogP contribution in [0.2, 0.25) is 0 Å². The molecule has 1 aliphatic carbocycles. The maximum absolute atomic E-state index is 11.2. The minimum absolute atomic E-state index is 0.563. The monoisotopic (exact) mass is 306 g/mol. The van der Waals surface area contributed by atoms with Gasteiger partial charge in [-0.05, 0) is 30.5 Å². The zero-order valence-electron chi connectivity index (χ0n) is 9.48. The summed E-state index contributed by atoms with van der Waals surface area (Å²) in [6.45, 7) is 0. The van der Waals surface area contributed by atoms with E-state index in [-0.39, 0.29) is 0 Å². The van der Waals surface area contributed by atoms with E-state index in [4.69, 9.17) is 0 Å². The van der Waals surface area contributed by atoms with Crippen LogP contribution >= 0.6 is 15.9 Å². The molecule has 1 aliphatic rings. The summed E-state index contributed by atoms with van der Waals surface area (Å²) < 4.78 is 1.01. The van der Waals surface area contributed by atoms with Crippen molar-refractivity contribution in [3.8, 4) is 11.3 Å². The third-order valence-electron chi connectivity index (χ3n) is 3.34. The Hall–Kier alpha value is -1.62. The van der Waals surface area contributed by atoms with E-state index in [0.29, 0.717) is 18.7 Å². The number of nitrogens with one attached hydrogen (secondary N) is 1. The molecule has 0 aliphatic heterocycles. The molecule has 18 heavy (non-hydrogen) atoms. The van der Waals surface area contributed by atoms with Gasteiger partial charge in [0.1, 0.15) is 11.2 Å². The van der Waals surface area contributed by atoms with Gasteiger partial charge in [-0.25, -0.2) is 4.98 Å². The van der Waals surface area contributed by atoms with Crippen LogP contribution in [0.25, 0.3) is 11.3 Å². The topological polar surface area (TPSA) is 66.0 Å². The Morgan fingerprint density at radius 3 is 2.56 bits per heavy atom. The summed E-state index contributed by atoms with van der Waals surface area (Å²) in [5, 5.41) is 9.21. The van der Waals surface area contributed by atoms with E-state index in [9.17, 15) is 9.90 Å². The summed E-state index contributed by atoms with van der Waals surface area (Å²) in [6.07, 6.45) is 3.02. The minimum Gasteiger partial charge on any atom is -0.480 e. The molecule has 0 unspecified atom stereocenters. The standard InChI is InChI=1S/C13H11BrN2O2/c14-9-3-1-8(2-4-9)10-7-15-11(16-10)13(5-6-13)12(17)18/h1-4,7H,5-6H2,(H,15,16)(H,17,18). The second-order valence-electron chi connectivity index (χ2n) is 4.54. The van der Waals surface area contributed by atoms with Gasteiger partial charge in [0.05, 0.1) is 11.9 Å². The molecule has 0 radical (unpaired) electrons. The van der Waals surface area contributed by atoms with Crippen molar-refractivity contribution in [1.82, 2.24) is 9.97 Å². The third kappa shape index (κ3) is 1.75. The summed E-state index contributed by atoms with van der Waals surface area (Å²) in [7, 11) is 0. The maximum Gasteiger partial charge on any atom is 0.317 e. The number of benzene rings is 1. The van der Waals surface area contributed by atoms with Gasteiger partial charge in [-0.2, -0.15) is 0 Å². The first-order valence-electron chi connectivity index (χ1n) is 5.67. The van der Waals surface area contributed by atoms with E-state index >= 15 is 0 Å². The highest BCUT2D eigenvalue weighted by Crippen LogP contribution is 2.47. The zero-order valence-corrected chi connectivity index (χ0v) is 11.1. The van der Waals surface area contributed by atoms with Crippen LogP contribution in [-0.2, 0) is 10.2 Å². The van der Waals surface area contributed by atoms with Crippen LogP contribution in [0.1, 0.15) is 18.7 Å². The number of nitrogens with zero attached hydrogens (tertiary/aromatic N) is 1. The number of H-pyrrole nitrogens is 1. The van der Waals surface area contributed by atoms with Crippen LogP contribution < -0.4 is 0 Å². The quantitative estimate of drug-likeness (QED) is 0.916. The number of hydrogen-bond donors (Lipinski definition) is 2. The molecule has 2 N–H and O–H groups in total. The van der Waals surface area contributed by atoms with Gasteiger partial charge in [0.25, 0.3) is 0 Å². The van der Waals surface area contributed by atoms with Gasteiger partial charge in [-0.1, -0.05) is 28.1 Å². The second-order valence-corrected chi connectivity index (χ2v) is 5.46. The molecule has 3 rings (SSSR count). The number of carboxylic acids is 1. The van der Waals surface area contributed by atoms with E-state index in [0.717, 1.165) is 15.7 Å². The molecule has 0 saturated heterocycles. The molecule has 5 heteroatoms. The highest BCUT2D eigenvalue weighted by molar-refractivity contribution is 9.10. The second kappa shape index (κ2) is 3.95. The van der Waals surface area contributed by atoms with Gasteiger partial charge >= 0.3 is 5.97 Å². The fourth-order valence-electron chi connectivity index (χ4n) is 2.02. The molecule has 0 bridgehead atoms. The number of carbonyl (C=O) groups is 1. The Labute approximate surface area is 112 Å². The van der Waals surface area contributed by atoms with E-state index in [1.165, 1.54) is 0 Å². The predicted molar refractivity (Wildman–Crippen MR) is 70.3 cm³/mol. The zero-order chi connectivity index (χ0) is 12.8. The Morgan fingerprint density at radius 1 is 1.33 bits per heavy atom. The average molecular weight is 307 g/mol. The van der Waals surface area contributed by atoms with E-state index in [1.807, 2.05) is 24.3 Å². The highest BCUT2D eigenvalue weighted by Gasteiger charge is 2.54. The highest BCUT2D eigenvalue weighted by atomic mass is 79.9. The molecule has 1 aromatic carbocycles. The lowest BCUT2D eigenvalue weighted by atomic mass is 10.1. The number of imidazole rings is 1. The van der Waals surface area contributed by atoms with Gasteiger partial charge < -0.3 is 10.1 Å². The number of hydrogen-bond acceptors (Lipinski definition) is 2. The van der Waals surface area contributed by atoms with Crippen molar-refractivity contribution in [2.45, 2.75) is 18.3 Å². The summed E-state index contributed by atoms with van der Waals surface area (Å²) in [5.41, 5.74) is 1.08. The van der Waals surface area contributed by atoms with E-state index in [1.54, 1.807) is 6.20 Å². The molecule has 1 aromatic heterocycles. The summed E-state index contributed by atoms with van der Waals surface area (Å²) >= 11 is 3.38. The lowest BCUT2D eigenvalue weighted by Gasteiger charge is -2.05. The minimum atomic E-state index is -0.792. The number of halogens is 1. The first-order chi connectivity index (χ1) is 8.62. The Balaban J connectivity index is 1.95. The maximum atomic E-state index is 11.2. The van der Waals surface area contributed by atoms with Crippen molar-refractivity contribution in [3.05, 3.63) is 40.8 Å². The van der Waals surface area contributed by atoms with Crippen molar-refractivity contribution in [1.29, 1.82) is 0 Å². The predicted octanol–water partition coefficient (Wildman–Crippen LogP) is 2.96. The van der Waals surface area contributed by atoms with Gasteiger partial charge in [0.2, 0.25) is 0 Å². The van der Waals surface area contributed by atoms with Crippen LogP contribution in [0.3, 0.4) is 0 Å². The average Bonchev–Trinajstić information content (AvgIpc) is 3.03. The molecule has 1 saturated carbocycles. The Kier molecular flexibility index (Phi) is 2.52. The van der Waals surface area contributed by atoms with Crippen LogP contribution in [0.5, 0.6) is 0 Å². The molecule has 0 atom stereocenters. The number of carboxylic acid groups (broad SMARTS) is 1. The number of aromatic amines is 1. The normalized spacial score (nSPS) is 16.5. The van der Waals surface area contributed by atoms with Gasteiger partial charge in [-0.15, -0.1) is 0 Å². The van der Waals surface area contributed by atoms with E-state index in [2.05, 4.69) is 25.9 Å². The molecule has 0 amide bonds.